The zero-order chi connectivity index (χ0) is 12.5. The predicted molar refractivity (Wildman–Crippen MR) is 76.4 cm³/mol. The average Bonchev–Trinajstić information content (AvgIpc) is 3.03. The number of rotatable bonds is 2. The Balaban J connectivity index is 2.20. The van der Waals surface area contributed by atoms with Crippen molar-refractivity contribution in [1.82, 2.24) is 19.9 Å². The summed E-state index contributed by atoms with van der Waals surface area (Å²) in [5.74, 6) is 0.913. The van der Waals surface area contributed by atoms with E-state index in [1.165, 1.54) is 22.7 Å². The van der Waals surface area contributed by atoms with E-state index in [0.29, 0.717) is 21.8 Å². The summed E-state index contributed by atoms with van der Waals surface area (Å²) in [6.07, 6.45) is 3.44. The zero-order valence-electron chi connectivity index (χ0n) is 8.87. The number of anilines is 1. The Morgan fingerprint density at radius 2 is 1.67 bits per heavy atom. The molecule has 0 radical (unpaired) electrons. The van der Waals surface area contributed by atoms with Gasteiger partial charge in [-0.1, -0.05) is 0 Å². The fourth-order valence-electron chi connectivity index (χ4n) is 1.38. The summed E-state index contributed by atoms with van der Waals surface area (Å²) >= 11 is 6.37. The molecule has 3 aromatic heterocycles. The van der Waals surface area contributed by atoms with Crippen molar-refractivity contribution in [3.05, 3.63) is 27.6 Å². The van der Waals surface area contributed by atoms with E-state index in [2.05, 4.69) is 35.9 Å². The molecule has 5 nitrogen and oxygen atoms in total. The summed E-state index contributed by atoms with van der Waals surface area (Å²) in [5, 5.41) is 5.31. The van der Waals surface area contributed by atoms with E-state index in [-0.39, 0.29) is 0 Å². The number of halogens is 1. The number of thiazole rings is 2. The van der Waals surface area contributed by atoms with E-state index in [4.69, 9.17) is 5.73 Å². The van der Waals surface area contributed by atoms with Crippen molar-refractivity contribution < 1.29 is 0 Å². The first-order valence-corrected chi connectivity index (χ1v) is 7.43. The Morgan fingerprint density at radius 1 is 1.00 bits per heavy atom. The summed E-state index contributed by atoms with van der Waals surface area (Å²) < 4.78 is 0.665. The second-order valence-corrected chi connectivity index (χ2v) is 5.85. The zero-order valence-corrected chi connectivity index (χ0v) is 12.1. The molecule has 0 aliphatic heterocycles. The van der Waals surface area contributed by atoms with Crippen LogP contribution in [0.4, 0.5) is 5.82 Å². The van der Waals surface area contributed by atoms with Crippen molar-refractivity contribution >= 4 is 44.4 Å². The lowest BCUT2D eigenvalue weighted by atomic mass is 10.4. The van der Waals surface area contributed by atoms with Crippen LogP contribution in [-0.2, 0) is 0 Å². The number of hydrogen-bond acceptors (Lipinski definition) is 7. The quantitative estimate of drug-likeness (QED) is 0.776. The van der Waals surface area contributed by atoms with E-state index in [0.717, 1.165) is 10.0 Å². The minimum absolute atomic E-state index is 0.389. The highest BCUT2D eigenvalue weighted by Gasteiger charge is 2.15. The first kappa shape index (κ1) is 11.7. The van der Waals surface area contributed by atoms with E-state index >= 15 is 0 Å². The van der Waals surface area contributed by atoms with Gasteiger partial charge in [-0.05, 0) is 15.9 Å². The molecule has 0 atom stereocenters. The smallest absolute Gasteiger partial charge is 0.191 e. The summed E-state index contributed by atoms with van der Waals surface area (Å²) in [7, 11) is 0. The van der Waals surface area contributed by atoms with Crippen LogP contribution < -0.4 is 5.73 Å². The van der Waals surface area contributed by atoms with E-state index in [1.807, 2.05) is 10.8 Å². The molecule has 0 aromatic carbocycles. The Hall–Kier alpha value is -1.38. The lowest BCUT2D eigenvalue weighted by Gasteiger charge is -2.05. The molecular weight excluding hydrogens is 334 g/mol. The van der Waals surface area contributed by atoms with Gasteiger partial charge in [0.15, 0.2) is 10.8 Å². The van der Waals surface area contributed by atoms with Gasteiger partial charge in [0.1, 0.15) is 16.5 Å². The number of nitrogens with zero attached hydrogens (tertiary/aromatic N) is 4. The van der Waals surface area contributed by atoms with Crippen molar-refractivity contribution in [2.45, 2.75) is 0 Å². The highest BCUT2D eigenvalue weighted by Crippen LogP contribution is 2.33. The van der Waals surface area contributed by atoms with E-state index < -0.39 is 0 Å². The van der Waals surface area contributed by atoms with Gasteiger partial charge in [0.2, 0.25) is 0 Å². The topological polar surface area (TPSA) is 77.6 Å². The maximum Gasteiger partial charge on any atom is 0.191 e. The van der Waals surface area contributed by atoms with Gasteiger partial charge in [0.25, 0.3) is 0 Å². The monoisotopic (exact) mass is 339 g/mol. The molecular formula is C10H6BrN5S2. The second kappa shape index (κ2) is 4.71. The number of nitrogen functional groups attached to an aromatic ring is 1. The maximum atomic E-state index is 5.89. The highest BCUT2D eigenvalue weighted by molar-refractivity contribution is 9.10. The third-order valence-corrected chi connectivity index (χ3v) is 4.47. The largest absolute Gasteiger partial charge is 0.383 e. The van der Waals surface area contributed by atoms with Crippen LogP contribution in [0.1, 0.15) is 0 Å². The van der Waals surface area contributed by atoms with E-state index in [1.54, 1.807) is 12.4 Å². The van der Waals surface area contributed by atoms with Gasteiger partial charge >= 0.3 is 0 Å². The molecule has 3 aromatic rings. The molecule has 0 aliphatic carbocycles. The SMILES string of the molecule is Nc1nc(-c2nccs2)nc(-c2nccs2)c1Br. The van der Waals surface area contributed by atoms with Crippen molar-refractivity contribution in [2.24, 2.45) is 0 Å². The van der Waals surface area contributed by atoms with Crippen LogP contribution in [0.3, 0.4) is 0 Å². The Bertz CT molecular complexity index is 666. The summed E-state index contributed by atoms with van der Waals surface area (Å²) in [5.41, 5.74) is 6.59. The average molecular weight is 340 g/mol. The van der Waals surface area contributed by atoms with Crippen LogP contribution >= 0.6 is 38.6 Å². The van der Waals surface area contributed by atoms with Gasteiger partial charge in [0, 0.05) is 23.2 Å². The van der Waals surface area contributed by atoms with Gasteiger partial charge in [-0.25, -0.2) is 19.9 Å². The molecule has 90 valence electrons. The summed E-state index contributed by atoms with van der Waals surface area (Å²) in [6, 6.07) is 0. The van der Waals surface area contributed by atoms with Crippen LogP contribution in [0, 0.1) is 0 Å². The van der Waals surface area contributed by atoms with Crippen LogP contribution in [0.2, 0.25) is 0 Å². The Kier molecular flexibility index (Phi) is 3.06. The predicted octanol–water partition coefficient (Wildman–Crippen LogP) is 3.07. The maximum absolute atomic E-state index is 5.89. The fraction of sp³-hybridized carbons (Fsp3) is 0. The Morgan fingerprint density at radius 3 is 2.28 bits per heavy atom. The molecule has 0 aliphatic rings. The molecule has 0 amide bonds. The van der Waals surface area contributed by atoms with Gasteiger partial charge in [-0.15, -0.1) is 22.7 Å². The van der Waals surface area contributed by atoms with Gasteiger partial charge in [-0.2, -0.15) is 0 Å². The molecule has 2 N–H and O–H groups in total. The standard InChI is InChI=1S/C10H6BrN5S2/c11-5-6(9-13-1-3-17-9)15-8(16-7(5)12)10-14-2-4-18-10/h1-4H,(H2,12,15,16). The second-order valence-electron chi connectivity index (χ2n) is 3.27. The van der Waals surface area contributed by atoms with Gasteiger partial charge < -0.3 is 5.73 Å². The molecule has 3 rings (SSSR count). The normalized spacial score (nSPS) is 10.7. The first-order chi connectivity index (χ1) is 8.75. The number of nitrogens with two attached hydrogens (primary N) is 1. The van der Waals surface area contributed by atoms with Crippen LogP contribution in [-0.4, -0.2) is 19.9 Å². The lowest BCUT2D eigenvalue weighted by molar-refractivity contribution is 1.15. The molecule has 3 heterocycles. The molecule has 0 bridgehead atoms. The third-order valence-electron chi connectivity index (χ3n) is 2.14. The highest BCUT2D eigenvalue weighted by atomic mass is 79.9. The van der Waals surface area contributed by atoms with E-state index in [9.17, 15) is 0 Å². The summed E-state index contributed by atoms with van der Waals surface area (Å²) in [6.45, 7) is 0. The van der Waals surface area contributed by atoms with Gasteiger partial charge in [-0.3, -0.25) is 0 Å². The van der Waals surface area contributed by atoms with Crippen molar-refractivity contribution in [1.29, 1.82) is 0 Å². The molecule has 0 fully saturated rings. The molecule has 0 unspecified atom stereocenters. The fourth-order valence-corrected chi connectivity index (χ4v) is 3.07. The number of hydrogen-bond donors (Lipinski definition) is 1. The minimum atomic E-state index is 0.389. The summed E-state index contributed by atoms with van der Waals surface area (Å²) in [4.78, 5) is 17.1. The van der Waals surface area contributed by atoms with Crippen molar-refractivity contribution in [3.8, 4) is 21.5 Å². The molecule has 0 saturated carbocycles. The van der Waals surface area contributed by atoms with Gasteiger partial charge in [0.05, 0.1) is 4.47 Å². The van der Waals surface area contributed by atoms with Crippen molar-refractivity contribution in [2.75, 3.05) is 5.73 Å². The molecule has 8 heteroatoms. The molecule has 0 saturated heterocycles. The van der Waals surface area contributed by atoms with Crippen LogP contribution in [0.15, 0.2) is 27.6 Å². The Labute approximate surface area is 119 Å². The number of aromatic nitrogens is 4. The molecule has 0 spiro atoms. The van der Waals surface area contributed by atoms with Crippen molar-refractivity contribution in [3.63, 3.8) is 0 Å². The molecule has 18 heavy (non-hydrogen) atoms. The third kappa shape index (κ3) is 2.02. The first-order valence-electron chi connectivity index (χ1n) is 4.88. The van der Waals surface area contributed by atoms with Crippen LogP contribution in [0.25, 0.3) is 21.5 Å². The minimum Gasteiger partial charge on any atom is -0.383 e. The van der Waals surface area contributed by atoms with Crippen LogP contribution in [0.5, 0.6) is 0 Å². The lowest BCUT2D eigenvalue weighted by Crippen LogP contribution is -2.00.